The third-order valence-corrected chi connectivity index (χ3v) is 5.05. The van der Waals surface area contributed by atoms with E-state index in [1.165, 1.54) is 25.7 Å². The van der Waals surface area contributed by atoms with Gasteiger partial charge in [0.15, 0.2) is 0 Å². The molecular formula is C16H19N. The number of nitrogens with one attached hydrogen (secondary N) is 1. The topological polar surface area (TPSA) is 12.0 Å². The van der Waals surface area contributed by atoms with Crippen LogP contribution < -0.4 is 5.32 Å². The fourth-order valence-corrected chi connectivity index (χ4v) is 4.31. The lowest BCUT2D eigenvalue weighted by Crippen LogP contribution is -2.46. The second-order valence-electron chi connectivity index (χ2n) is 5.95. The van der Waals surface area contributed by atoms with Crippen LogP contribution in [0.25, 0.3) is 0 Å². The van der Waals surface area contributed by atoms with Crippen LogP contribution in [0.15, 0.2) is 35.9 Å². The first-order valence-electron chi connectivity index (χ1n) is 6.85. The molecule has 1 aromatic rings. The van der Waals surface area contributed by atoms with E-state index in [9.17, 15) is 0 Å². The van der Waals surface area contributed by atoms with E-state index in [4.69, 9.17) is 0 Å². The number of benzene rings is 1. The first-order valence-corrected chi connectivity index (χ1v) is 6.85. The Morgan fingerprint density at radius 1 is 1.29 bits per heavy atom. The molecule has 0 aromatic heterocycles. The Bertz CT molecular complexity index is 502. The van der Waals surface area contributed by atoms with Gasteiger partial charge in [-0.2, -0.15) is 0 Å². The van der Waals surface area contributed by atoms with Crippen LogP contribution in [0.5, 0.6) is 0 Å². The summed E-state index contributed by atoms with van der Waals surface area (Å²) < 4.78 is 0. The zero-order chi connectivity index (χ0) is 11.5. The van der Waals surface area contributed by atoms with Gasteiger partial charge in [-0.25, -0.2) is 0 Å². The van der Waals surface area contributed by atoms with E-state index in [1.807, 2.05) is 0 Å². The Labute approximate surface area is 103 Å². The van der Waals surface area contributed by atoms with Crippen LogP contribution in [0, 0.1) is 5.92 Å². The Morgan fingerprint density at radius 3 is 3.12 bits per heavy atom. The minimum Gasteiger partial charge on any atom is -0.300 e. The van der Waals surface area contributed by atoms with Gasteiger partial charge in [0.1, 0.15) is 0 Å². The van der Waals surface area contributed by atoms with E-state index >= 15 is 0 Å². The molecule has 0 unspecified atom stereocenters. The van der Waals surface area contributed by atoms with Crippen LogP contribution >= 0.6 is 0 Å². The normalized spacial score (nSPS) is 38.3. The molecule has 1 aliphatic carbocycles. The van der Waals surface area contributed by atoms with Crippen molar-refractivity contribution in [3.63, 3.8) is 0 Å². The summed E-state index contributed by atoms with van der Waals surface area (Å²) in [5.41, 5.74) is 5.02. The highest BCUT2D eigenvalue weighted by Crippen LogP contribution is 2.51. The van der Waals surface area contributed by atoms with Crippen LogP contribution in [-0.4, -0.2) is 6.04 Å². The van der Waals surface area contributed by atoms with Crippen molar-refractivity contribution in [2.24, 2.45) is 5.92 Å². The highest BCUT2D eigenvalue weighted by Gasteiger charge is 2.51. The lowest BCUT2D eigenvalue weighted by molar-refractivity contribution is 0.287. The van der Waals surface area contributed by atoms with Crippen LogP contribution in [0.4, 0.5) is 0 Å². The summed E-state index contributed by atoms with van der Waals surface area (Å²) in [7, 11) is 0. The number of allylic oxidation sites excluding steroid dienone is 1. The molecule has 0 saturated carbocycles. The lowest BCUT2D eigenvalue weighted by Gasteiger charge is -2.37. The summed E-state index contributed by atoms with van der Waals surface area (Å²) in [6, 6.07) is 9.64. The molecule has 0 amide bonds. The molecule has 3 atom stereocenters. The van der Waals surface area contributed by atoms with Gasteiger partial charge in [-0.3, -0.25) is 0 Å². The third-order valence-electron chi connectivity index (χ3n) is 5.05. The highest BCUT2D eigenvalue weighted by molar-refractivity contribution is 5.46. The van der Waals surface area contributed by atoms with Crippen molar-refractivity contribution in [2.45, 2.75) is 44.2 Å². The monoisotopic (exact) mass is 225 g/mol. The largest absolute Gasteiger partial charge is 0.300 e. The minimum atomic E-state index is 0.200. The fraction of sp³-hybridized carbons (Fsp3) is 0.500. The molecule has 2 heterocycles. The van der Waals surface area contributed by atoms with Crippen molar-refractivity contribution >= 4 is 0 Å². The van der Waals surface area contributed by atoms with Crippen molar-refractivity contribution in [1.82, 2.24) is 5.32 Å². The van der Waals surface area contributed by atoms with Gasteiger partial charge >= 0.3 is 0 Å². The van der Waals surface area contributed by atoms with Crippen LogP contribution in [-0.2, 0) is 12.0 Å². The van der Waals surface area contributed by atoms with Crippen molar-refractivity contribution < 1.29 is 0 Å². The Balaban J connectivity index is 1.93. The fourth-order valence-electron chi connectivity index (χ4n) is 4.31. The van der Waals surface area contributed by atoms with Gasteiger partial charge in [-0.05, 0) is 43.7 Å². The van der Waals surface area contributed by atoms with E-state index < -0.39 is 0 Å². The van der Waals surface area contributed by atoms with E-state index in [1.54, 1.807) is 16.7 Å². The van der Waals surface area contributed by atoms with E-state index in [2.05, 4.69) is 42.6 Å². The van der Waals surface area contributed by atoms with Gasteiger partial charge in [0.05, 0.1) is 0 Å². The minimum absolute atomic E-state index is 0.200. The van der Waals surface area contributed by atoms with Crippen LogP contribution in [0.3, 0.4) is 0 Å². The predicted octanol–water partition coefficient (Wildman–Crippen LogP) is 3.16. The van der Waals surface area contributed by atoms with Gasteiger partial charge in [0.25, 0.3) is 0 Å². The second kappa shape index (κ2) is 3.23. The van der Waals surface area contributed by atoms with Gasteiger partial charge in [-0.15, -0.1) is 0 Å². The average molecular weight is 225 g/mol. The maximum absolute atomic E-state index is 3.90. The molecule has 1 nitrogen and oxygen atoms in total. The third kappa shape index (κ3) is 1.18. The van der Waals surface area contributed by atoms with Crippen molar-refractivity contribution in [1.29, 1.82) is 0 Å². The summed E-state index contributed by atoms with van der Waals surface area (Å²) in [5, 5.41) is 3.90. The number of hydrogen-bond donors (Lipinski definition) is 1. The maximum atomic E-state index is 3.90. The Hall–Kier alpha value is -1.08. The molecule has 2 bridgehead atoms. The molecule has 3 aliphatic rings. The van der Waals surface area contributed by atoms with E-state index in [0.717, 1.165) is 5.92 Å². The predicted molar refractivity (Wildman–Crippen MR) is 69.8 cm³/mol. The highest BCUT2D eigenvalue weighted by atomic mass is 15.1. The molecule has 2 aliphatic heterocycles. The molecule has 17 heavy (non-hydrogen) atoms. The zero-order valence-corrected chi connectivity index (χ0v) is 10.4. The molecule has 0 radical (unpaired) electrons. The molecule has 4 rings (SSSR count). The van der Waals surface area contributed by atoms with Gasteiger partial charge in [0, 0.05) is 17.5 Å². The molecular weight excluding hydrogens is 206 g/mol. The smallest absolute Gasteiger partial charge is 0.0480 e. The van der Waals surface area contributed by atoms with Crippen LogP contribution in [0.2, 0.25) is 0 Å². The van der Waals surface area contributed by atoms with E-state index in [-0.39, 0.29) is 5.54 Å². The first kappa shape index (κ1) is 9.90. The average Bonchev–Trinajstić information content (AvgIpc) is 2.61. The quantitative estimate of drug-likeness (QED) is 0.669. The zero-order valence-electron chi connectivity index (χ0n) is 10.4. The van der Waals surface area contributed by atoms with Crippen LogP contribution in [0.1, 0.15) is 37.3 Å². The molecule has 1 aromatic carbocycles. The van der Waals surface area contributed by atoms with Crippen molar-refractivity contribution in [3.8, 4) is 0 Å². The SMILES string of the molecule is C[C@]12N[C@H](Cc3ccccc31)C1=CCCC[C@@H]12. The summed E-state index contributed by atoms with van der Waals surface area (Å²) in [5.74, 6) is 0.741. The van der Waals surface area contributed by atoms with Crippen molar-refractivity contribution in [2.75, 3.05) is 0 Å². The summed E-state index contributed by atoms with van der Waals surface area (Å²) in [6.45, 7) is 2.41. The van der Waals surface area contributed by atoms with E-state index in [0.29, 0.717) is 6.04 Å². The van der Waals surface area contributed by atoms with Gasteiger partial charge in [-0.1, -0.05) is 35.9 Å². The Morgan fingerprint density at radius 2 is 2.18 bits per heavy atom. The standard InChI is InChI=1S/C16H19N/c1-16-13-8-4-2-6-11(13)10-15(17-16)12-7-3-5-9-14(12)16/h2,4,6-8,14-15,17H,3,5,9-10H2,1H3/t14-,15+,16-/m0/s1. The summed E-state index contributed by atoms with van der Waals surface area (Å²) in [4.78, 5) is 0. The molecule has 1 heteroatoms. The van der Waals surface area contributed by atoms with Gasteiger partial charge < -0.3 is 5.32 Å². The molecule has 88 valence electrons. The molecule has 1 saturated heterocycles. The lowest BCUT2D eigenvalue weighted by atomic mass is 9.74. The van der Waals surface area contributed by atoms with Crippen molar-refractivity contribution in [3.05, 3.63) is 47.0 Å². The number of fused-ring (bicyclic) bond motifs is 7. The molecule has 0 spiro atoms. The second-order valence-corrected chi connectivity index (χ2v) is 5.95. The summed E-state index contributed by atoms with van der Waals surface area (Å²) >= 11 is 0. The maximum Gasteiger partial charge on any atom is 0.0480 e. The first-order chi connectivity index (χ1) is 8.29. The number of hydrogen-bond acceptors (Lipinski definition) is 1. The summed E-state index contributed by atoms with van der Waals surface area (Å²) in [6.07, 6.45) is 7.72. The Kier molecular flexibility index (Phi) is 1.88. The van der Waals surface area contributed by atoms with Gasteiger partial charge in [0.2, 0.25) is 0 Å². The number of rotatable bonds is 0. The molecule has 1 fully saturated rings. The molecule has 1 N–H and O–H groups in total.